The summed E-state index contributed by atoms with van der Waals surface area (Å²) in [6, 6.07) is 5.40. The summed E-state index contributed by atoms with van der Waals surface area (Å²) in [4.78, 5) is 0. The van der Waals surface area contributed by atoms with Crippen molar-refractivity contribution in [1.29, 1.82) is 0 Å². The van der Waals surface area contributed by atoms with Crippen LogP contribution < -0.4 is 0 Å². The predicted molar refractivity (Wildman–Crippen MR) is 48.7 cm³/mol. The largest absolute Gasteiger partial charge is 0.269 e. The van der Waals surface area contributed by atoms with Crippen molar-refractivity contribution in [2.24, 2.45) is 0 Å². The first-order valence-electron chi connectivity index (χ1n) is 2.62. The first-order valence-corrected chi connectivity index (χ1v) is 3.37. The van der Waals surface area contributed by atoms with Crippen molar-refractivity contribution < 1.29 is 14.1 Å². The number of benzene rings is 1. The lowest BCUT2D eigenvalue weighted by Crippen LogP contribution is -1.72. The molecule has 0 aliphatic carbocycles. The third-order valence-corrected chi connectivity index (χ3v) is 1.78. The molecule has 12 heavy (non-hydrogen) atoms. The number of rotatable bonds is 0. The normalized spacial score (nSPS) is 7.25. The average molecular weight is 221 g/mol. The van der Waals surface area contributed by atoms with E-state index < -0.39 is 0 Å². The van der Waals surface area contributed by atoms with Crippen LogP contribution in [0.25, 0.3) is 0 Å². The monoisotopic (exact) mass is 220 g/mol. The third-order valence-electron chi connectivity index (χ3n) is 1.12. The van der Waals surface area contributed by atoms with Gasteiger partial charge in [-0.05, 0) is 30.7 Å². The molecule has 0 N–H and O–H groups in total. The Hall–Kier alpha value is -0.410. The van der Waals surface area contributed by atoms with E-state index in [0.29, 0.717) is 0 Å². The van der Waals surface area contributed by atoms with Crippen LogP contribution in [0.1, 0.15) is 5.56 Å². The maximum absolute atomic E-state index is 5.72. The summed E-state index contributed by atoms with van der Waals surface area (Å²) in [6.45, 7) is 1.92. The molecule has 0 nitrogen and oxygen atoms in total. The number of hydrogen-bond donors (Lipinski definition) is 0. The fourth-order valence-corrected chi connectivity index (χ4v) is 0.952. The van der Waals surface area contributed by atoms with E-state index in [1.54, 1.807) is 12.1 Å². The molecular weight excluding hydrogens is 212 g/mol. The molecule has 0 fully saturated rings. The van der Waals surface area contributed by atoms with Crippen LogP contribution in [0, 0.1) is 6.92 Å². The van der Waals surface area contributed by atoms with Crippen molar-refractivity contribution in [3.63, 3.8) is 0 Å². The van der Waals surface area contributed by atoms with E-state index in [0.717, 1.165) is 15.6 Å². The van der Waals surface area contributed by atoms with Gasteiger partial charge in [0.2, 0.25) is 0 Å². The Morgan fingerprint density at radius 3 is 1.83 bits per heavy atom. The first-order chi connectivity index (χ1) is 4.20. The maximum atomic E-state index is 5.72. The van der Waals surface area contributed by atoms with Gasteiger partial charge in [-0.3, -0.25) is 14.1 Å². The van der Waals surface area contributed by atoms with Crippen molar-refractivity contribution in [1.82, 2.24) is 0 Å². The molecule has 0 saturated carbocycles. The second-order valence-electron chi connectivity index (χ2n) is 1.89. The van der Waals surface area contributed by atoms with Crippen molar-refractivity contribution in [3.8, 4) is 0 Å². The summed E-state index contributed by atoms with van der Waals surface area (Å²) in [5, 5.41) is 1.50. The molecule has 0 heterocycles. The van der Waals surface area contributed by atoms with Crippen molar-refractivity contribution in [2.75, 3.05) is 0 Å². The molecule has 5 heteroatoms. The van der Waals surface area contributed by atoms with Crippen LogP contribution in [0.3, 0.4) is 0 Å². The highest BCUT2D eigenvalue weighted by Crippen LogP contribution is 2.18. The van der Waals surface area contributed by atoms with Gasteiger partial charge in [-0.25, -0.2) is 0 Å². The van der Waals surface area contributed by atoms with E-state index in [1.165, 1.54) is 0 Å². The van der Waals surface area contributed by atoms with E-state index in [-0.39, 0.29) is 14.1 Å². The summed E-state index contributed by atoms with van der Waals surface area (Å²) >= 11 is 11.4. The molecule has 1 rings (SSSR count). The molecular formula is C7H9Cl2F3. The highest BCUT2D eigenvalue weighted by Gasteiger charge is 1.92. The van der Waals surface area contributed by atoms with Crippen molar-refractivity contribution >= 4 is 23.2 Å². The van der Waals surface area contributed by atoms with Gasteiger partial charge >= 0.3 is 0 Å². The zero-order valence-electron chi connectivity index (χ0n) is 6.21. The molecule has 0 amide bonds. The topological polar surface area (TPSA) is 0 Å². The Kier molecular flexibility index (Phi) is 10.6. The fraction of sp³-hybridized carbons (Fsp3) is 0.143. The molecule has 1 aromatic carbocycles. The van der Waals surface area contributed by atoms with Gasteiger partial charge in [0.15, 0.2) is 0 Å². The summed E-state index contributed by atoms with van der Waals surface area (Å²) < 4.78 is 0. The van der Waals surface area contributed by atoms with E-state index in [2.05, 4.69) is 0 Å². The molecule has 72 valence electrons. The SMILES string of the molecule is Cc1cc(Cl)ccc1Cl.F.F.F. The van der Waals surface area contributed by atoms with Crippen molar-refractivity contribution in [2.45, 2.75) is 6.92 Å². The first kappa shape index (κ1) is 17.6. The Bertz CT molecular complexity index is 228. The van der Waals surface area contributed by atoms with Crippen LogP contribution in [-0.2, 0) is 0 Å². The highest BCUT2D eigenvalue weighted by molar-refractivity contribution is 6.33. The zero-order valence-corrected chi connectivity index (χ0v) is 7.72. The van der Waals surface area contributed by atoms with Crippen LogP contribution in [0.15, 0.2) is 18.2 Å². The molecule has 0 aliphatic heterocycles. The molecule has 0 radical (unpaired) electrons. The minimum absolute atomic E-state index is 0. The van der Waals surface area contributed by atoms with Gasteiger partial charge in [-0.2, -0.15) is 0 Å². The Morgan fingerprint density at radius 2 is 1.50 bits per heavy atom. The van der Waals surface area contributed by atoms with E-state index in [1.807, 2.05) is 13.0 Å². The Labute approximate surface area is 78.6 Å². The lowest BCUT2D eigenvalue weighted by molar-refractivity contribution is 1.11. The predicted octanol–water partition coefficient (Wildman–Crippen LogP) is 3.76. The van der Waals surface area contributed by atoms with E-state index >= 15 is 0 Å². The summed E-state index contributed by atoms with van der Waals surface area (Å²) in [7, 11) is 0. The Morgan fingerprint density at radius 1 is 1.00 bits per heavy atom. The summed E-state index contributed by atoms with van der Waals surface area (Å²) in [5.41, 5.74) is 1.02. The van der Waals surface area contributed by atoms with Crippen LogP contribution in [-0.4, -0.2) is 0 Å². The van der Waals surface area contributed by atoms with Gasteiger partial charge in [-0.15, -0.1) is 0 Å². The molecule has 0 aliphatic rings. The van der Waals surface area contributed by atoms with Gasteiger partial charge in [0, 0.05) is 10.0 Å². The van der Waals surface area contributed by atoms with Gasteiger partial charge < -0.3 is 0 Å². The maximum Gasteiger partial charge on any atom is 0.0436 e. The lowest BCUT2D eigenvalue weighted by atomic mass is 10.2. The highest BCUT2D eigenvalue weighted by atomic mass is 35.5. The van der Waals surface area contributed by atoms with Crippen LogP contribution in [0.4, 0.5) is 14.1 Å². The van der Waals surface area contributed by atoms with E-state index in [9.17, 15) is 0 Å². The quantitative estimate of drug-likeness (QED) is 0.625. The van der Waals surface area contributed by atoms with Crippen LogP contribution in [0.5, 0.6) is 0 Å². The minimum Gasteiger partial charge on any atom is -0.269 e. The van der Waals surface area contributed by atoms with Crippen LogP contribution >= 0.6 is 23.2 Å². The van der Waals surface area contributed by atoms with Gasteiger partial charge in [0.1, 0.15) is 0 Å². The molecule has 0 unspecified atom stereocenters. The molecule has 0 saturated heterocycles. The summed E-state index contributed by atoms with van der Waals surface area (Å²) in [5.74, 6) is 0. The Balaban J connectivity index is -0.000000270. The molecule has 0 aromatic heterocycles. The molecule has 0 atom stereocenters. The summed E-state index contributed by atoms with van der Waals surface area (Å²) in [6.07, 6.45) is 0. The van der Waals surface area contributed by atoms with Gasteiger partial charge in [0.05, 0.1) is 0 Å². The fourth-order valence-electron chi connectivity index (χ4n) is 0.608. The van der Waals surface area contributed by atoms with Crippen LogP contribution in [0.2, 0.25) is 10.0 Å². The van der Waals surface area contributed by atoms with Gasteiger partial charge in [-0.1, -0.05) is 23.2 Å². The number of halogens is 5. The van der Waals surface area contributed by atoms with Gasteiger partial charge in [0.25, 0.3) is 0 Å². The molecule has 0 spiro atoms. The zero-order chi connectivity index (χ0) is 6.85. The third kappa shape index (κ3) is 4.46. The van der Waals surface area contributed by atoms with E-state index in [4.69, 9.17) is 23.2 Å². The molecule has 0 bridgehead atoms. The number of hydrogen-bond acceptors (Lipinski definition) is 0. The smallest absolute Gasteiger partial charge is 0.0436 e. The average Bonchev–Trinajstić information content (AvgIpc) is 1.80. The minimum atomic E-state index is 0. The number of aryl methyl sites for hydroxylation is 1. The lowest BCUT2D eigenvalue weighted by Gasteiger charge is -1.94. The second-order valence-corrected chi connectivity index (χ2v) is 2.74. The van der Waals surface area contributed by atoms with Crippen molar-refractivity contribution in [3.05, 3.63) is 33.8 Å². The molecule has 1 aromatic rings. The standard InChI is InChI=1S/C7H6Cl2.3FH/c1-5-4-6(8)2-3-7(5)9;;;/h2-4H,1H3;3*1H. The second kappa shape index (κ2) is 7.25.